The molecule has 4 aliphatic rings. The van der Waals surface area contributed by atoms with Gasteiger partial charge in [-0.25, -0.2) is 0 Å². The zero-order valence-electron chi connectivity index (χ0n) is 23.5. The summed E-state index contributed by atoms with van der Waals surface area (Å²) in [5.74, 6) is 8.31. The van der Waals surface area contributed by atoms with E-state index in [0.29, 0.717) is 5.41 Å². The third kappa shape index (κ3) is 4.50. The van der Waals surface area contributed by atoms with Crippen LogP contribution in [0.25, 0.3) is 11.1 Å². The summed E-state index contributed by atoms with van der Waals surface area (Å²) in [4.78, 5) is 0. The van der Waals surface area contributed by atoms with Gasteiger partial charge in [-0.1, -0.05) is 108 Å². The minimum atomic E-state index is 0.432. The molecule has 2 aromatic rings. The van der Waals surface area contributed by atoms with Crippen molar-refractivity contribution in [2.75, 3.05) is 0 Å². The predicted molar refractivity (Wildman–Crippen MR) is 154 cm³/mol. The number of hydrogen-bond acceptors (Lipinski definition) is 0. The quantitative estimate of drug-likeness (QED) is 0.406. The molecule has 0 nitrogen and oxygen atoms in total. The molecule has 4 aliphatic carbocycles. The Labute approximate surface area is 221 Å². The summed E-state index contributed by atoms with van der Waals surface area (Å²) < 4.78 is 0. The summed E-state index contributed by atoms with van der Waals surface area (Å²) in [6, 6.07) is 21.0. The lowest BCUT2D eigenvalue weighted by Crippen LogP contribution is -2.32. The summed E-state index contributed by atoms with van der Waals surface area (Å²) in [7, 11) is 0. The monoisotopic (exact) mass is 482 g/mol. The average molecular weight is 483 g/mol. The number of benzene rings is 2. The van der Waals surface area contributed by atoms with E-state index in [9.17, 15) is 0 Å². The Balaban J connectivity index is 1.40. The fraction of sp³-hybridized carbons (Fsp3) is 0.667. The molecule has 0 spiro atoms. The van der Waals surface area contributed by atoms with Gasteiger partial charge in [0.2, 0.25) is 0 Å². The van der Waals surface area contributed by atoms with Gasteiger partial charge in [0.25, 0.3) is 0 Å². The van der Waals surface area contributed by atoms with Crippen LogP contribution in [-0.4, -0.2) is 0 Å². The first kappa shape index (κ1) is 24.8. The highest BCUT2D eigenvalue weighted by molar-refractivity contribution is 5.63. The molecule has 0 N–H and O–H groups in total. The highest BCUT2D eigenvalue weighted by Gasteiger charge is 2.56. The third-order valence-corrected chi connectivity index (χ3v) is 11.7. The Morgan fingerprint density at radius 1 is 0.639 bits per heavy atom. The Hall–Kier alpha value is -1.56. The van der Waals surface area contributed by atoms with Gasteiger partial charge in [-0.15, -0.1) is 0 Å². The zero-order chi connectivity index (χ0) is 24.9. The molecule has 0 radical (unpaired) electrons. The zero-order valence-corrected chi connectivity index (χ0v) is 23.5. The molecule has 4 fully saturated rings. The summed E-state index contributed by atoms with van der Waals surface area (Å²) >= 11 is 0. The number of rotatable bonds is 4. The second kappa shape index (κ2) is 9.96. The molecule has 194 valence electrons. The van der Waals surface area contributed by atoms with Crippen LogP contribution in [0.15, 0.2) is 54.6 Å². The van der Waals surface area contributed by atoms with Crippen molar-refractivity contribution in [1.29, 1.82) is 0 Å². The topological polar surface area (TPSA) is 0 Å². The van der Waals surface area contributed by atoms with E-state index in [-0.39, 0.29) is 0 Å². The standard InChI is InChI=1S/C36H50/c1-24-22-28(36(2,3)4)23-33(24)34(27-20-18-26(19-21-27)25-12-6-5-7-13-25)35-31-16-10-8-14-29(31)30-15-9-11-17-32(30)35/h5-7,12-13,18-21,24,28-35H,8-11,14-17,22-23H2,1-4H3/t24?,28?,29?,30?,31?,32?,33?,34-,35?/m1/s1. The van der Waals surface area contributed by atoms with Crippen LogP contribution in [0.1, 0.15) is 103 Å². The second-order valence-electron chi connectivity index (χ2n) is 14.5. The largest absolute Gasteiger partial charge is 0.0622 e. The molecule has 6 rings (SSSR count). The van der Waals surface area contributed by atoms with Gasteiger partial charge in [-0.05, 0) is 114 Å². The number of fused-ring (bicyclic) bond motifs is 3. The van der Waals surface area contributed by atoms with E-state index in [2.05, 4.69) is 82.3 Å². The molecule has 0 aromatic heterocycles. The lowest BCUT2D eigenvalue weighted by atomic mass is 9.63. The Kier molecular flexibility index (Phi) is 6.85. The Bertz CT molecular complexity index is 973. The molecule has 0 saturated heterocycles. The maximum atomic E-state index is 2.62. The smallest absolute Gasteiger partial charge is 0.00971 e. The fourth-order valence-corrected chi connectivity index (χ4v) is 10.0. The molecule has 0 amide bonds. The van der Waals surface area contributed by atoms with Crippen LogP contribution in [0.5, 0.6) is 0 Å². The van der Waals surface area contributed by atoms with Gasteiger partial charge in [0, 0.05) is 0 Å². The Morgan fingerprint density at radius 2 is 1.17 bits per heavy atom. The van der Waals surface area contributed by atoms with Crippen LogP contribution < -0.4 is 0 Å². The van der Waals surface area contributed by atoms with Crippen LogP contribution >= 0.6 is 0 Å². The van der Waals surface area contributed by atoms with Crippen molar-refractivity contribution in [3.05, 3.63) is 60.2 Å². The predicted octanol–water partition coefficient (Wildman–Crippen LogP) is 10.4. The molecule has 0 bridgehead atoms. The van der Waals surface area contributed by atoms with E-state index in [1.165, 1.54) is 75.3 Å². The highest BCUT2D eigenvalue weighted by Crippen LogP contribution is 2.64. The first-order valence-corrected chi connectivity index (χ1v) is 15.6. The fourth-order valence-electron chi connectivity index (χ4n) is 10.0. The second-order valence-corrected chi connectivity index (χ2v) is 14.5. The van der Waals surface area contributed by atoms with E-state index in [4.69, 9.17) is 0 Å². The molecule has 8 atom stereocenters. The minimum absolute atomic E-state index is 0.432. The van der Waals surface area contributed by atoms with Gasteiger partial charge >= 0.3 is 0 Å². The van der Waals surface area contributed by atoms with Crippen molar-refractivity contribution in [3.63, 3.8) is 0 Å². The lowest BCUT2D eigenvalue weighted by molar-refractivity contribution is 0.134. The maximum Gasteiger partial charge on any atom is -0.00971 e. The molecule has 4 saturated carbocycles. The summed E-state index contributed by atoms with van der Waals surface area (Å²) in [6.45, 7) is 10.1. The summed E-state index contributed by atoms with van der Waals surface area (Å²) in [5.41, 5.74) is 4.84. The van der Waals surface area contributed by atoms with Crippen LogP contribution in [0, 0.1) is 52.8 Å². The first-order chi connectivity index (χ1) is 17.4. The van der Waals surface area contributed by atoms with Gasteiger partial charge in [-0.3, -0.25) is 0 Å². The Morgan fingerprint density at radius 3 is 1.69 bits per heavy atom. The molecule has 2 aromatic carbocycles. The van der Waals surface area contributed by atoms with Crippen molar-refractivity contribution in [2.24, 2.45) is 52.8 Å². The van der Waals surface area contributed by atoms with Crippen molar-refractivity contribution in [1.82, 2.24) is 0 Å². The molecular formula is C36H50. The van der Waals surface area contributed by atoms with E-state index in [0.717, 1.165) is 53.3 Å². The van der Waals surface area contributed by atoms with Gasteiger partial charge in [0.1, 0.15) is 0 Å². The van der Waals surface area contributed by atoms with Crippen LogP contribution in [0.3, 0.4) is 0 Å². The van der Waals surface area contributed by atoms with E-state index in [1.807, 2.05) is 0 Å². The van der Waals surface area contributed by atoms with Crippen molar-refractivity contribution in [2.45, 2.75) is 97.8 Å². The van der Waals surface area contributed by atoms with Gasteiger partial charge in [0.05, 0.1) is 0 Å². The third-order valence-electron chi connectivity index (χ3n) is 11.7. The van der Waals surface area contributed by atoms with E-state index in [1.54, 1.807) is 5.56 Å². The lowest BCUT2D eigenvalue weighted by Gasteiger charge is -2.41. The van der Waals surface area contributed by atoms with Crippen LogP contribution in [-0.2, 0) is 0 Å². The SMILES string of the molecule is CC1CC(C(C)(C)C)CC1[C@@H](c1ccc(-c2ccccc2)cc1)C1C2CCCCC2C2CCCCC21. The van der Waals surface area contributed by atoms with Crippen molar-refractivity contribution < 1.29 is 0 Å². The normalized spacial score (nSPS) is 37.3. The van der Waals surface area contributed by atoms with Crippen LogP contribution in [0.2, 0.25) is 0 Å². The highest BCUT2D eigenvalue weighted by atomic mass is 14.6. The molecule has 7 unspecified atom stereocenters. The van der Waals surface area contributed by atoms with E-state index >= 15 is 0 Å². The van der Waals surface area contributed by atoms with Gasteiger partial charge in [0.15, 0.2) is 0 Å². The summed E-state index contributed by atoms with van der Waals surface area (Å²) in [6.07, 6.45) is 15.0. The van der Waals surface area contributed by atoms with Crippen LogP contribution in [0.4, 0.5) is 0 Å². The molecular weight excluding hydrogens is 432 g/mol. The van der Waals surface area contributed by atoms with Gasteiger partial charge in [-0.2, -0.15) is 0 Å². The van der Waals surface area contributed by atoms with Crippen molar-refractivity contribution in [3.8, 4) is 11.1 Å². The molecule has 0 heterocycles. The molecule has 0 heteroatoms. The minimum Gasteiger partial charge on any atom is -0.0622 e. The van der Waals surface area contributed by atoms with Crippen molar-refractivity contribution >= 4 is 0 Å². The van der Waals surface area contributed by atoms with E-state index < -0.39 is 0 Å². The number of hydrogen-bond donors (Lipinski definition) is 0. The molecule has 0 aliphatic heterocycles. The molecule has 36 heavy (non-hydrogen) atoms. The van der Waals surface area contributed by atoms with Gasteiger partial charge < -0.3 is 0 Å². The maximum absolute atomic E-state index is 2.62. The first-order valence-electron chi connectivity index (χ1n) is 15.6. The average Bonchev–Trinajstić information content (AvgIpc) is 3.44. The summed E-state index contributed by atoms with van der Waals surface area (Å²) in [5, 5.41) is 0.